The highest BCUT2D eigenvalue weighted by molar-refractivity contribution is 7.16. The fourth-order valence-corrected chi connectivity index (χ4v) is 3.29. The number of hydrogen-bond acceptors (Lipinski definition) is 4. The van der Waals surface area contributed by atoms with Gasteiger partial charge in [0.05, 0.1) is 6.61 Å². The molecule has 0 saturated carbocycles. The second kappa shape index (κ2) is 6.71. The Morgan fingerprint density at radius 3 is 2.64 bits per heavy atom. The van der Waals surface area contributed by atoms with Crippen molar-refractivity contribution in [3.05, 3.63) is 39.2 Å². The molecular formula is C17H20ClNO2S. The van der Waals surface area contributed by atoms with Crippen molar-refractivity contribution in [2.45, 2.75) is 27.7 Å². The van der Waals surface area contributed by atoms with Crippen LogP contribution in [0.3, 0.4) is 0 Å². The lowest BCUT2D eigenvalue weighted by Crippen LogP contribution is -2.12. The van der Waals surface area contributed by atoms with E-state index in [0.29, 0.717) is 22.2 Å². The summed E-state index contributed by atoms with van der Waals surface area (Å²) in [5.74, 6) is -0.0794. The first-order chi connectivity index (χ1) is 10.3. The molecule has 0 aliphatic heterocycles. The summed E-state index contributed by atoms with van der Waals surface area (Å²) in [5.41, 5.74) is 9.25. The highest BCUT2D eigenvalue weighted by atomic mass is 35.5. The zero-order valence-corrected chi connectivity index (χ0v) is 14.8. The summed E-state index contributed by atoms with van der Waals surface area (Å²) in [6.07, 6.45) is 0. The number of hydrogen-bond donors (Lipinski definition) is 1. The van der Waals surface area contributed by atoms with Crippen molar-refractivity contribution in [1.29, 1.82) is 0 Å². The SMILES string of the molecule is Cc1cc(-c2c(C)sc(N)c2C(=O)OCC(C)C)ccc1Cl. The van der Waals surface area contributed by atoms with Crippen LogP contribution in [0.5, 0.6) is 0 Å². The number of aryl methyl sites for hydroxylation is 2. The van der Waals surface area contributed by atoms with Crippen molar-refractivity contribution in [3.63, 3.8) is 0 Å². The van der Waals surface area contributed by atoms with Crippen LogP contribution in [0.1, 0.15) is 34.6 Å². The molecule has 1 heterocycles. The fraction of sp³-hybridized carbons (Fsp3) is 0.353. The second-order valence-corrected chi connectivity index (χ2v) is 7.39. The van der Waals surface area contributed by atoms with Crippen LogP contribution in [0.4, 0.5) is 5.00 Å². The Morgan fingerprint density at radius 2 is 2.05 bits per heavy atom. The first kappa shape index (κ1) is 16.8. The monoisotopic (exact) mass is 337 g/mol. The Morgan fingerprint density at radius 1 is 1.36 bits per heavy atom. The van der Waals surface area contributed by atoms with E-state index in [1.54, 1.807) is 0 Å². The first-order valence-electron chi connectivity index (χ1n) is 7.13. The number of nitrogen functional groups attached to an aromatic ring is 1. The molecule has 0 spiro atoms. The highest BCUT2D eigenvalue weighted by Crippen LogP contribution is 2.39. The Kier molecular flexibility index (Phi) is 5.14. The molecule has 118 valence electrons. The lowest BCUT2D eigenvalue weighted by atomic mass is 10.00. The summed E-state index contributed by atoms with van der Waals surface area (Å²) < 4.78 is 5.36. The van der Waals surface area contributed by atoms with Gasteiger partial charge in [-0.2, -0.15) is 0 Å². The van der Waals surface area contributed by atoms with Gasteiger partial charge in [-0.05, 0) is 43.0 Å². The lowest BCUT2D eigenvalue weighted by molar-refractivity contribution is 0.0461. The smallest absolute Gasteiger partial charge is 0.341 e. The standard InChI is InChI=1S/C17H20ClNO2S/c1-9(2)8-21-17(20)15-14(11(4)22-16(15)19)12-5-6-13(18)10(3)7-12/h5-7,9H,8,19H2,1-4H3. The first-order valence-corrected chi connectivity index (χ1v) is 8.33. The molecule has 1 aromatic heterocycles. The number of ether oxygens (including phenoxy) is 1. The average Bonchev–Trinajstić information content (AvgIpc) is 2.74. The topological polar surface area (TPSA) is 52.3 Å². The number of nitrogens with two attached hydrogens (primary N) is 1. The van der Waals surface area contributed by atoms with Crippen LogP contribution in [-0.4, -0.2) is 12.6 Å². The van der Waals surface area contributed by atoms with Gasteiger partial charge in [-0.3, -0.25) is 0 Å². The van der Waals surface area contributed by atoms with Crippen LogP contribution in [0.15, 0.2) is 18.2 Å². The molecule has 0 saturated heterocycles. The average molecular weight is 338 g/mol. The third kappa shape index (κ3) is 3.45. The van der Waals surface area contributed by atoms with E-state index < -0.39 is 0 Å². The maximum absolute atomic E-state index is 12.4. The lowest BCUT2D eigenvalue weighted by Gasteiger charge is -2.10. The molecule has 0 fully saturated rings. The second-order valence-electron chi connectivity index (χ2n) is 5.73. The number of benzene rings is 1. The number of carbonyl (C=O) groups is 1. The van der Waals surface area contributed by atoms with Gasteiger partial charge >= 0.3 is 5.97 Å². The molecule has 2 rings (SSSR count). The molecule has 5 heteroatoms. The Hall–Kier alpha value is -1.52. The van der Waals surface area contributed by atoms with Crippen LogP contribution in [-0.2, 0) is 4.74 Å². The van der Waals surface area contributed by atoms with E-state index in [-0.39, 0.29) is 11.9 Å². The summed E-state index contributed by atoms with van der Waals surface area (Å²) in [4.78, 5) is 13.4. The van der Waals surface area contributed by atoms with Crippen molar-refractivity contribution in [1.82, 2.24) is 0 Å². The maximum atomic E-state index is 12.4. The van der Waals surface area contributed by atoms with Crippen LogP contribution < -0.4 is 5.73 Å². The molecule has 0 unspecified atom stereocenters. The minimum atomic E-state index is -0.363. The Balaban J connectivity index is 2.47. The number of thiophene rings is 1. The molecule has 0 bridgehead atoms. The number of carbonyl (C=O) groups excluding carboxylic acids is 1. The summed E-state index contributed by atoms with van der Waals surface area (Å²) in [7, 11) is 0. The fourth-order valence-electron chi connectivity index (χ4n) is 2.23. The third-order valence-corrected chi connectivity index (χ3v) is 4.67. The number of esters is 1. The molecule has 0 atom stereocenters. The molecule has 1 aromatic carbocycles. The molecule has 0 aliphatic carbocycles. The Bertz CT molecular complexity index is 707. The molecule has 0 aliphatic rings. The van der Waals surface area contributed by atoms with Gasteiger partial charge in [0.1, 0.15) is 10.6 Å². The zero-order chi connectivity index (χ0) is 16.4. The van der Waals surface area contributed by atoms with E-state index in [2.05, 4.69) is 0 Å². The predicted octanol–water partition coefficient (Wildman–Crippen LogP) is 5.08. The number of halogens is 1. The summed E-state index contributed by atoms with van der Waals surface area (Å²) in [6, 6.07) is 5.71. The number of rotatable bonds is 4. The van der Waals surface area contributed by atoms with Gasteiger partial charge in [0, 0.05) is 15.5 Å². The van der Waals surface area contributed by atoms with Gasteiger partial charge in [0.15, 0.2) is 0 Å². The van der Waals surface area contributed by atoms with Crippen molar-refractivity contribution >= 4 is 33.9 Å². The van der Waals surface area contributed by atoms with Gasteiger partial charge in [-0.25, -0.2) is 4.79 Å². The summed E-state index contributed by atoms with van der Waals surface area (Å²) in [5, 5.41) is 1.20. The minimum absolute atomic E-state index is 0.283. The zero-order valence-electron chi connectivity index (χ0n) is 13.2. The molecule has 2 aromatic rings. The molecule has 3 nitrogen and oxygen atoms in total. The van der Waals surface area contributed by atoms with Crippen LogP contribution >= 0.6 is 22.9 Å². The molecule has 0 amide bonds. The van der Waals surface area contributed by atoms with Crippen LogP contribution in [0.25, 0.3) is 11.1 Å². The van der Waals surface area contributed by atoms with Crippen molar-refractivity contribution in [2.24, 2.45) is 5.92 Å². The quantitative estimate of drug-likeness (QED) is 0.791. The maximum Gasteiger partial charge on any atom is 0.341 e. The van der Waals surface area contributed by atoms with Gasteiger partial charge in [-0.1, -0.05) is 31.5 Å². The number of anilines is 1. The van der Waals surface area contributed by atoms with Crippen molar-refractivity contribution in [3.8, 4) is 11.1 Å². The molecule has 2 N–H and O–H groups in total. The van der Waals surface area contributed by atoms with E-state index in [9.17, 15) is 4.79 Å². The van der Waals surface area contributed by atoms with E-state index in [0.717, 1.165) is 21.6 Å². The van der Waals surface area contributed by atoms with Crippen LogP contribution in [0, 0.1) is 19.8 Å². The van der Waals surface area contributed by atoms with Crippen molar-refractivity contribution in [2.75, 3.05) is 12.3 Å². The van der Waals surface area contributed by atoms with Gasteiger partial charge in [-0.15, -0.1) is 11.3 Å². The molecule has 22 heavy (non-hydrogen) atoms. The van der Waals surface area contributed by atoms with E-state index in [1.165, 1.54) is 11.3 Å². The molecule has 0 radical (unpaired) electrons. The van der Waals surface area contributed by atoms with Gasteiger partial charge < -0.3 is 10.5 Å². The normalized spacial score (nSPS) is 11.0. The van der Waals surface area contributed by atoms with E-state index in [1.807, 2.05) is 45.9 Å². The van der Waals surface area contributed by atoms with E-state index >= 15 is 0 Å². The Labute approximate surface area is 140 Å². The highest BCUT2D eigenvalue weighted by Gasteiger charge is 2.23. The predicted molar refractivity (Wildman–Crippen MR) is 93.8 cm³/mol. The summed E-state index contributed by atoms with van der Waals surface area (Å²) in [6.45, 7) is 8.28. The third-order valence-electron chi connectivity index (χ3n) is 3.31. The van der Waals surface area contributed by atoms with Gasteiger partial charge in [0.2, 0.25) is 0 Å². The minimum Gasteiger partial charge on any atom is -0.462 e. The van der Waals surface area contributed by atoms with Gasteiger partial charge in [0.25, 0.3) is 0 Å². The largest absolute Gasteiger partial charge is 0.462 e. The molecular weight excluding hydrogens is 318 g/mol. The summed E-state index contributed by atoms with van der Waals surface area (Å²) >= 11 is 7.49. The van der Waals surface area contributed by atoms with Crippen molar-refractivity contribution < 1.29 is 9.53 Å². The van der Waals surface area contributed by atoms with E-state index in [4.69, 9.17) is 22.1 Å². The van der Waals surface area contributed by atoms with Crippen LogP contribution in [0.2, 0.25) is 5.02 Å².